The van der Waals surface area contributed by atoms with E-state index >= 15 is 0 Å². The Bertz CT molecular complexity index is 523. The molecule has 104 valence electrons. The molecule has 0 amide bonds. The number of ether oxygens (including phenoxy) is 1. The molecule has 0 fully saturated rings. The summed E-state index contributed by atoms with van der Waals surface area (Å²) < 4.78 is 58.9. The highest BCUT2D eigenvalue weighted by atomic mass is 19.3. The lowest BCUT2D eigenvalue weighted by atomic mass is 9.85. The number of hydrogen-bond acceptors (Lipinski definition) is 4. The Balaban J connectivity index is 2.69. The van der Waals surface area contributed by atoms with Crippen molar-refractivity contribution in [1.82, 2.24) is 0 Å². The number of benzene rings is 1. The average molecular weight is 277 g/mol. The van der Waals surface area contributed by atoms with Gasteiger partial charge in [-0.2, -0.15) is 0 Å². The lowest BCUT2D eigenvalue weighted by Crippen LogP contribution is -2.50. The summed E-state index contributed by atoms with van der Waals surface area (Å²) in [7, 11) is 0. The van der Waals surface area contributed by atoms with Gasteiger partial charge in [0.15, 0.2) is 11.7 Å². The largest absolute Gasteiger partial charge is 0.462 e. The highest BCUT2D eigenvalue weighted by molar-refractivity contribution is 5.73. The highest BCUT2D eigenvalue weighted by Crippen LogP contribution is 2.41. The van der Waals surface area contributed by atoms with Gasteiger partial charge in [-0.15, -0.1) is 0 Å². The first-order chi connectivity index (χ1) is 8.87. The van der Waals surface area contributed by atoms with Gasteiger partial charge in [0.2, 0.25) is 0 Å². The van der Waals surface area contributed by atoms with Crippen molar-refractivity contribution < 1.29 is 22.3 Å². The Kier molecular flexibility index (Phi) is 3.25. The molecule has 1 aliphatic rings. The van der Waals surface area contributed by atoms with Gasteiger partial charge in [0.25, 0.3) is 12.4 Å². The first-order valence-corrected chi connectivity index (χ1v) is 5.33. The van der Waals surface area contributed by atoms with Gasteiger partial charge in [0.05, 0.1) is 0 Å². The van der Waals surface area contributed by atoms with Crippen LogP contribution < -0.4 is 11.5 Å². The molecular weight excluding hydrogens is 266 g/mol. The number of nitrogen functional groups attached to an aromatic ring is 1. The Hall–Kier alpha value is -1.99. The third-order valence-corrected chi connectivity index (χ3v) is 2.90. The SMILES string of the molecule is NC1=N[C@@](c2cc(N)ccc2F)(C(F)F)[C@H](F)CO1. The molecule has 0 saturated carbocycles. The van der Waals surface area contributed by atoms with Gasteiger partial charge in [0, 0.05) is 11.3 Å². The summed E-state index contributed by atoms with van der Waals surface area (Å²) in [5.41, 5.74) is 7.28. The van der Waals surface area contributed by atoms with E-state index in [-0.39, 0.29) is 5.69 Å². The summed E-state index contributed by atoms with van der Waals surface area (Å²) in [6.07, 6.45) is -5.54. The summed E-state index contributed by atoms with van der Waals surface area (Å²) in [5.74, 6) is -1.03. The van der Waals surface area contributed by atoms with Gasteiger partial charge in [-0.1, -0.05) is 0 Å². The topological polar surface area (TPSA) is 73.6 Å². The third-order valence-electron chi connectivity index (χ3n) is 2.90. The maximum Gasteiger partial charge on any atom is 0.283 e. The van der Waals surface area contributed by atoms with E-state index in [9.17, 15) is 17.6 Å². The van der Waals surface area contributed by atoms with Gasteiger partial charge < -0.3 is 16.2 Å². The fourth-order valence-electron chi connectivity index (χ4n) is 1.95. The van der Waals surface area contributed by atoms with E-state index in [1.54, 1.807) is 0 Å². The molecule has 19 heavy (non-hydrogen) atoms. The summed E-state index contributed by atoms with van der Waals surface area (Å²) in [6.45, 7) is -0.728. The molecule has 4 N–H and O–H groups in total. The van der Waals surface area contributed by atoms with Crippen LogP contribution in [0.15, 0.2) is 23.2 Å². The minimum atomic E-state index is -3.30. The standard InChI is InChI=1S/C11H11F4N3O/c12-7-2-1-5(16)3-6(7)11(9(14)15)8(13)4-19-10(17)18-11/h1-3,8-9H,4,16H2,(H2,17,18)/t8-,11-/m1/s1. The van der Waals surface area contributed by atoms with Crippen LogP contribution in [-0.2, 0) is 10.3 Å². The summed E-state index contributed by atoms with van der Waals surface area (Å²) in [6, 6.07) is 2.37. The van der Waals surface area contributed by atoms with Crippen LogP contribution in [0.4, 0.5) is 23.2 Å². The van der Waals surface area contributed by atoms with E-state index in [2.05, 4.69) is 9.73 Å². The van der Waals surface area contributed by atoms with Crippen LogP contribution in [0.25, 0.3) is 0 Å². The van der Waals surface area contributed by atoms with Crippen molar-refractivity contribution in [2.24, 2.45) is 10.7 Å². The Morgan fingerprint density at radius 1 is 1.37 bits per heavy atom. The number of hydrogen-bond donors (Lipinski definition) is 2. The van der Waals surface area contributed by atoms with Gasteiger partial charge >= 0.3 is 0 Å². The van der Waals surface area contributed by atoms with E-state index in [1.165, 1.54) is 6.07 Å². The second-order valence-corrected chi connectivity index (χ2v) is 4.09. The second-order valence-electron chi connectivity index (χ2n) is 4.09. The van der Waals surface area contributed by atoms with Crippen molar-refractivity contribution in [3.05, 3.63) is 29.6 Å². The Labute approximate surface area is 106 Å². The highest BCUT2D eigenvalue weighted by Gasteiger charge is 2.54. The molecule has 0 aromatic heterocycles. The summed E-state index contributed by atoms with van der Waals surface area (Å²) in [4.78, 5) is 3.32. The van der Waals surface area contributed by atoms with Crippen LogP contribution in [0.3, 0.4) is 0 Å². The number of rotatable bonds is 2. The third kappa shape index (κ3) is 2.06. The minimum absolute atomic E-state index is 0.0175. The molecule has 8 heteroatoms. The van der Waals surface area contributed by atoms with E-state index in [0.29, 0.717) is 0 Å². The molecule has 0 bridgehead atoms. The fourth-order valence-corrected chi connectivity index (χ4v) is 1.95. The quantitative estimate of drug-likeness (QED) is 0.636. The Morgan fingerprint density at radius 3 is 2.68 bits per heavy atom. The number of amidine groups is 1. The van der Waals surface area contributed by atoms with Crippen LogP contribution in [0.1, 0.15) is 5.56 Å². The van der Waals surface area contributed by atoms with Gasteiger partial charge in [0.1, 0.15) is 12.4 Å². The minimum Gasteiger partial charge on any atom is -0.462 e. The fraction of sp³-hybridized carbons (Fsp3) is 0.364. The molecule has 4 nitrogen and oxygen atoms in total. The normalized spacial score (nSPS) is 27.0. The monoisotopic (exact) mass is 277 g/mol. The molecule has 0 saturated heterocycles. The molecular formula is C11H11F4N3O. The number of aliphatic imine (C=N–C) groups is 1. The number of anilines is 1. The van der Waals surface area contributed by atoms with Crippen LogP contribution in [0.2, 0.25) is 0 Å². The second kappa shape index (κ2) is 4.60. The first kappa shape index (κ1) is 13.4. The van der Waals surface area contributed by atoms with E-state index in [1.807, 2.05) is 0 Å². The number of alkyl halides is 3. The molecule has 2 rings (SSSR count). The van der Waals surface area contributed by atoms with Crippen LogP contribution in [-0.4, -0.2) is 25.2 Å². The zero-order chi connectivity index (χ0) is 14.2. The number of nitrogens with two attached hydrogens (primary N) is 2. The van der Waals surface area contributed by atoms with Gasteiger partial charge in [-0.05, 0) is 18.2 Å². The molecule has 1 heterocycles. The van der Waals surface area contributed by atoms with Gasteiger partial charge in [-0.3, -0.25) is 0 Å². The first-order valence-electron chi connectivity index (χ1n) is 5.33. The van der Waals surface area contributed by atoms with Crippen LogP contribution in [0, 0.1) is 5.82 Å². The van der Waals surface area contributed by atoms with E-state index in [0.717, 1.165) is 12.1 Å². The number of nitrogens with zero attached hydrogens (tertiary/aromatic N) is 1. The molecule has 0 spiro atoms. The molecule has 2 atom stereocenters. The van der Waals surface area contributed by atoms with Crippen LogP contribution in [0.5, 0.6) is 0 Å². The van der Waals surface area contributed by atoms with E-state index in [4.69, 9.17) is 11.5 Å². The van der Waals surface area contributed by atoms with Crippen LogP contribution >= 0.6 is 0 Å². The zero-order valence-corrected chi connectivity index (χ0v) is 9.62. The number of halogens is 4. The maximum atomic E-state index is 13.9. The lowest BCUT2D eigenvalue weighted by molar-refractivity contribution is -0.0302. The zero-order valence-electron chi connectivity index (χ0n) is 9.62. The lowest BCUT2D eigenvalue weighted by Gasteiger charge is -2.35. The maximum absolute atomic E-state index is 13.9. The predicted octanol–water partition coefficient (Wildman–Crippen LogP) is 1.55. The van der Waals surface area contributed by atoms with Crippen molar-refractivity contribution in [2.75, 3.05) is 12.3 Å². The molecule has 1 aromatic carbocycles. The smallest absolute Gasteiger partial charge is 0.283 e. The Morgan fingerprint density at radius 2 is 2.05 bits per heavy atom. The predicted molar refractivity (Wildman–Crippen MR) is 61.0 cm³/mol. The molecule has 1 aromatic rings. The van der Waals surface area contributed by atoms with Crippen molar-refractivity contribution in [3.8, 4) is 0 Å². The molecule has 0 aliphatic carbocycles. The molecule has 1 aliphatic heterocycles. The van der Waals surface area contributed by atoms with E-state index < -0.39 is 42.1 Å². The van der Waals surface area contributed by atoms with Crippen molar-refractivity contribution in [1.29, 1.82) is 0 Å². The summed E-state index contributed by atoms with van der Waals surface area (Å²) >= 11 is 0. The van der Waals surface area contributed by atoms with Crippen molar-refractivity contribution >= 4 is 11.7 Å². The van der Waals surface area contributed by atoms with Crippen molar-refractivity contribution in [3.63, 3.8) is 0 Å². The summed E-state index contributed by atoms with van der Waals surface area (Å²) in [5, 5.41) is 0. The van der Waals surface area contributed by atoms with Crippen molar-refractivity contribution in [2.45, 2.75) is 18.1 Å². The van der Waals surface area contributed by atoms with Gasteiger partial charge in [-0.25, -0.2) is 22.6 Å². The average Bonchev–Trinajstić information content (AvgIpc) is 2.35. The molecule has 0 radical (unpaired) electrons. The molecule has 0 unspecified atom stereocenters.